The van der Waals surface area contributed by atoms with E-state index in [2.05, 4.69) is 51.7 Å². The van der Waals surface area contributed by atoms with Crippen molar-refractivity contribution in [2.24, 2.45) is 11.8 Å². The Kier molecular flexibility index (Phi) is 6.45. The predicted octanol–water partition coefficient (Wildman–Crippen LogP) is 3.97. The second-order valence-electron chi connectivity index (χ2n) is 3.20. The minimum absolute atomic E-state index is 0.626. The van der Waals surface area contributed by atoms with Crippen LogP contribution in [-0.4, -0.2) is 0 Å². The Morgan fingerprint density at radius 3 is 2.25 bits per heavy atom. The van der Waals surface area contributed by atoms with Crippen molar-refractivity contribution in [2.45, 2.75) is 27.2 Å². The van der Waals surface area contributed by atoms with Gasteiger partial charge in [-0.05, 0) is 25.2 Å². The molecule has 0 nitrogen and oxygen atoms in total. The van der Waals surface area contributed by atoms with Crippen LogP contribution in [0.2, 0.25) is 0 Å². The van der Waals surface area contributed by atoms with Crippen LogP contribution in [0, 0.1) is 11.8 Å². The Bertz CT molecular complexity index is 163. The van der Waals surface area contributed by atoms with Gasteiger partial charge in [0.15, 0.2) is 0 Å². The molecule has 2 atom stereocenters. The summed E-state index contributed by atoms with van der Waals surface area (Å²) < 4.78 is 0. The fourth-order valence-corrected chi connectivity index (χ4v) is 1.04. The zero-order valence-corrected chi connectivity index (χ0v) is 8.46. The van der Waals surface area contributed by atoms with Gasteiger partial charge >= 0.3 is 0 Å². The summed E-state index contributed by atoms with van der Waals surface area (Å²) >= 11 is 0. The summed E-state index contributed by atoms with van der Waals surface area (Å²) in [5.74, 6) is 1.26. The molecule has 0 amide bonds. The van der Waals surface area contributed by atoms with E-state index in [9.17, 15) is 0 Å². The third-order valence-corrected chi connectivity index (χ3v) is 2.07. The van der Waals surface area contributed by atoms with Crippen LogP contribution in [0.1, 0.15) is 27.2 Å². The lowest BCUT2D eigenvalue weighted by Gasteiger charge is -2.10. The molecular formula is C12H20. The first-order valence-corrected chi connectivity index (χ1v) is 4.62. The molecule has 0 radical (unpaired) electrons. The van der Waals surface area contributed by atoms with Crippen LogP contribution in [-0.2, 0) is 0 Å². The van der Waals surface area contributed by atoms with E-state index in [1.54, 1.807) is 0 Å². The summed E-state index contributed by atoms with van der Waals surface area (Å²) in [7, 11) is 0. The first kappa shape index (κ1) is 11.2. The van der Waals surface area contributed by atoms with E-state index in [-0.39, 0.29) is 0 Å². The maximum absolute atomic E-state index is 3.67. The Balaban J connectivity index is 3.84. The van der Waals surface area contributed by atoms with E-state index in [1.165, 1.54) is 0 Å². The molecule has 0 heterocycles. The third kappa shape index (κ3) is 4.95. The fourth-order valence-electron chi connectivity index (χ4n) is 1.04. The highest BCUT2D eigenvalue weighted by Crippen LogP contribution is 2.13. The average Bonchev–Trinajstić information content (AvgIpc) is 2.05. The lowest BCUT2D eigenvalue weighted by atomic mass is 9.95. The van der Waals surface area contributed by atoms with Gasteiger partial charge in [-0.2, -0.15) is 0 Å². The molecule has 0 saturated heterocycles. The van der Waals surface area contributed by atoms with Crippen molar-refractivity contribution in [1.82, 2.24) is 0 Å². The van der Waals surface area contributed by atoms with Crippen molar-refractivity contribution in [3.05, 3.63) is 37.0 Å². The van der Waals surface area contributed by atoms with Crippen molar-refractivity contribution in [2.75, 3.05) is 0 Å². The number of hydrogen-bond donors (Lipinski definition) is 0. The molecule has 0 heteroatoms. The highest BCUT2D eigenvalue weighted by molar-refractivity contribution is 4.97. The maximum atomic E-state index is 3.67. The molecule has 0 aromatic carbocycles. The summed E-state index contributed by atoms with van der Waals surface area (Å²) in [5, 5.41) is 0. The minimum atomic E-state index is 0.626. The van der Waals surface area contributed by atoms with Crippen molar-refractivity contribution < 1.29 is 0 Å². The van der Waals surface area contributed by atoms with Gasteiger partial charge in [-0.25, -0.2) is 0 Å². The van der Waals surface area contributed by atoms with Gasteiger partial charge in [0.1, 0.15) is 0 Å². The van der Waals surface area contributed by atoms with Crippen LogP contribution in [0.5, 0.6) is 0 Å². The van der Waals surface area contributed by atoms with Gasteiger partial charge in [-0.3, -0.25) is 0 Å². The summed E-state index contributed by atoms with van der Waals surface area (Å²) in [6.07, 6.45) is 11.7. The van der Waals surface area contributed by atoms with E-state index in [4.69, 9.17) is 0 Å². The van der Waals surface area contributed by atoms with Gasteiger partial charge in [0, 0.05) is 0 Å². The first-order valence-electron chi connectivity index (χ1n) is 4.62. The van der Waals surface area contributed by atoms with Gasteiger partial charge in [0.2, 0.25) is 0 Å². The monoisotopic (exact) mass is 164 g/mol. The molecule has 0 spiro atoms. The van der Waals surface area contributed by atoms with E-state index < -0.39 is 0 Å². The third-order valence-electron chi connectivity index (χ3n) is 2.07. The van der Waals surface area contributed by atoms with E-state index in [0.717, 1.165) is 6.42 Å². The largest absolute Gasteiger partial charge is 0.103 e. The second kappa shape index (κ2) is 6.90. The van der Waals surface area contributed by atoms with Crippen LogP contribution >= 0.6 is 0 Å². The molecule has 0 aromatic heterocycles. The molecule has 0 aliphatic carbocycles. The van der Waals surface area contributed by atoms with Crippen molar-refractivity contribution in [3.63, 3.8) is 0 Å². The topological polar surface area (TPSA) is 0 Å². The number of rotatable bonds is 5. The SMILES string of the molecule is C=CC/C=C/C(C)C(C)/C=C/C. The maximum Gasteiger partial charge on any atom is -0.0172 e. The van der Waals surface area contributed by atoms with E-state index >= 15 is 0 Å². The summed E-state index contributed by atoms with van der Waals surface area (Å²) in [4.78, 5) is 0. The van der Waals surface area contributed by atoms with Gasteiger partial charge in [0.25, 0.3) is 0 Å². The molecule has 0 saturated carbocycles. The van der Waals surface area contributed by atoms with Crippen LogP contribution in [0.25, 0.3) is 0 Å². The standard InChI is InChI=1S/C12H20/c1-5-7-8-10-12(4)11(3)9-6-2/h5-6,8-12H,1,7H2,2-4H3/b9-6+,10-8+. The number of allylic oxidation sites excluding steroid dienone is 5. The van der Waals surface area contributed by atoms with Gasteiger partial charge in [-0.15, -0.1) is 6.58 Å². The van der Waals surface area contributed by atoms with Crippen LogP contribution in [0.15, 0.2) is 37.0 Å². The van der Waals surface area contributed by atoms with Gasteiger partial charge in [0.05, 0.1) is 0 Å². The van der Waals surface area contributed by atoms with E-state index in [0.29, 0.717) is 11.8 Å². The quantitative estimate of drug-likeness (QED) is 0.539. The molecular weight excluding hydrogens is 144 g/mol. The average molecular weight is 164 g/mol. The predicted molar refractivity (Wildman–Crippen MR) is 57.1 cm³/mol. The molecule has 0 N–H and O–H groups in total. The Morgan fingerprint density at radius 2 is 1.75 bits per heavy atom. The molecule has 68 valence electrons. The van der Waals surface area contributed by atoms with Gasteiger partial charge in [-0.1, -0.05) is 44.2 Å². The summed E-state index contributed by atoms with van der Waals surface area (Å²) in [6, 6.07) is 0. The number of hydrogen-bond acceptors (Lipinski definition) is 0. The molecule has 12 heavy (non-hydrogen) atoms. The van der Waals surface area contributed by atoms with E-state index in [1.807, 2.05) is 6.08 Å². The normalized spacial score (nSPS) is 16.9. The Morgan fingerprint density at radius 1 is 1.17 bits per heavy atom. The molecule has 0 aromatic rings. The fraction of sp³-hybridized carbons (Fsp3) is 0.500. The van der Waals surface area contributed by atoms with Crippen molar-refractivity contribution >= 4 is 0 Å². The Labute approximate surface area is 76.7 Å². The zero-order chi connectivity index (χ0) is 9.40. The van der Waals surface area contributed by atoms with Gasteiger partial charge < -0.3 is 0 Å². The molecule has 0 rings (SSSR count). The Hall–Kier alpha value is -0.780. The highest BCUT2D eigenvalue weighted by atomic mass is 14.1. The van der Waals surface area contributed by atoms with Crippen LogP contribution in [0.4, 0.5) is 0 Å². The highest BCUT2D eigenvalue weighted by Gasteiger charge is 2.03. The molecule has 0 aliphatic heterocycles. The molecule has 2 unspecified atom stereocenters. The summed E-state index contributed by atoms with van der Waals surface area (Å²) in [5.41, 5.74) is 0. The van der Waals surface area contributed by atoms with Crippen LogP contribution in [0.3, 0.4) is 0 Å². The lowest BCUT2D eigenvalue weighted by Crippen LogP contribution is -2.00. The molecule has 0 fully saturated rings. The van der Waals surface area contributed by atoms with Crippen molar-refractivity contribution in [3.8, 4) is 0 Å². The lowest BCUT2D eigenvalue weighted by molar-refractivity contribution is 0.557. The zero-order valence-electron chi connectivity index (χ0n) is 8.46. The van der Waals surface area contributed by atoms with Crippen LogP contribution < -0.4 is 0 Å². The smallest absolute Gasteiger partial charge is 0.0172 e. The molecule has 0 aliphatic rings. The summed E-state index contributed by atoms with van der Waals surface area (Å²) in [6.45, 7) is 10.2. The second-order valence-corrected chi connectivity index (χ2v) is 3.20. The first-order chi connectivity index (χ1) is 5.72. The van der Waals surface area contributed by atoms with Crippen molar-refractivity contribution in [1.29, 1.82) is 0 Å². The molecule has 0 bridgehead atoms. The minimum Gasteiger partial charge on any atom is -0.103 e.